The normalized spacial score (nSPS) is 15.9. The molecule has 3 aromatic heterocycles. The summed E-state index contributed by atoms with van der Waals surface area (Å²) in [5.74, 6) is 0.532. The fourth-order valence-electron chi connectivity index (χ4n) is 3.83. The van der Waals surface area contributed by atoms with Gasteiger partial charge in [0.15, 0.2) is 5.65 Å². The highest BCUT2D eigenvalue weighted by atomic mass is 16.1. The number of rotatable bonds is 2. The number of aromatic nitrogens is 4. The Morgan fingerprint density at radius 1 is 1.07 bits per heavy atom. The third-order valence-electron chi connectivity index (χ3n) is 5.02. The van der Waals surface area contributed by atoms with Crippen LogP contribution < -0.4 is 10.5 Å². The van der Waals surface area contributed by atoms with E-state index < -0.39 is 0 Å². The molecule has 4 aromatic rings. The highest BCUT2D eigenvalue weighted by Crippen LogP contribution is 2.36. The molecule has 6 heteroatoms. The first-order valence-electron chi connectivity index (χ1n) is 8.89. The van der Waals surface area contributed by atoms with Gasteiger partial charge in [-0.1, -0.05) is 18.2 Å². The summed E-state index contributed by atoms with van der Waals surface area (Å²) in [6.07, 6.45) is 6.03. The molecule has 0 spiro atoms. The second kappa shape index (κ2) is 6.02. The molecule has 5 rings (SSSR count). The van der Waals surface area contributed by atoms with Crippen LogP contribution in [-0.2, 0) is 6.42 Å². The molecule has 1 aromatic carbocycles. The fourth-order valence-corrected chi connectivity index (χ4v) is 3.83. The summed E-state index contributed by atoms with van der Waals surface area (Å²) in [7, 11) is 0. The van der Waals surface area contributed by atoms with Crippen molar-refractivity contribution in [2.45, 2.75) is 19.4 Å². The minimum atomic E-state index is -0.188. The first kappa shape index (κ1) is 15.7. The zero-order chi connectivity index (χ0) is 18.4. The number of aromatic amines is 1. The van der Waals surface area contributed by atoms with Crippen molar-refractivity contribution in [2.75, 3.05) is 4.90 Å². The Kier molecular flexibility index (Phi) is 3.50. The van der Waals surface area contributed by atoms with Crippen LogP contribution in [0.15, 0.2) is 65.8 Å². The van der Waals surface area contributed by atoms with Crippen LogP contribution in [0.2, 0.25) is 0 Å². The molecule has 0 fully saturated rings. The smallest absolute Gasteiger partial charge is 0.262 e. The lowest BCUT2D eigenvalue weighted by Gasteiger charge is -2.23. The van der Waals surface area contributed by atoms with Crippen LogP contribution in [0.1, 0.15) is 12.5 Å². The summed E-state index contributed by atoms with van der Waals surface area (Å²) in [4.78, 5) is 31.2. The van der Waals surface area contributed by atoms with E-state index in [0.717, 1.165) is 23.2 Å². The first-order valence-corrected chi connectivity index (χ1v) is 8.89. The van der Waals surface area contributed by atoms with E-state index in [2.05, 4.69) is 38.9 Å². The van der Waals surface area contributed by atoms with E-state index >= 15 is 0 Å². The zero-order valence-corrected chi connectivity index (χ0v) is 14.8. The second-order valence-electron chi connectivity index (χ2n) is 6.73. The van der Waals surface area contributed by atoms with Crippen LogP contribution in [0, 0.1) is 0 Å². The van der Waals surface area contributed by atoms with Crippen molar-refractivity contribution in [3.63, 3.8) is 0 Å². The standard InChI is InChI=1S/C21H17N5O/c1-13-12-15-4-2-3-5-17(15)26(13)21-24-19-18(20(27)25-21)16(8-11-23-19)14-6-9-22-10-7-14/h2-11,13H,12H2,1H3,(H,23,24,25,27). The molecule has 1 atom stereocenters. The van der Waals surface area contributed by atoms with E-state index in [1.54, 1.807) is 18.6 Å². The van der Waals surface area contributed by atoms with Gasteiger partial charge < -0.3 is 4.90 Å². The van der Waals surface area contributed by atoms with E-state index in [9.17, 15) is 4.79 Å². The average molecular weight is 355 g/mol. The van der Waals surface area contributed by atoms with Gasteiger partial charge in [-0.2, -0.15) is 4.98 Å². The van der Waals surface area contributed by atoms with E-state index in [1.165, 1.54) is 5.56 Å². The molecule has 132 valence electrons. The second-order valence-corrected chi connectivity index (χ2v) is 6.73. The van der Waals surface area contributed by atoms with Gasteiger partial charge in [0.1, 0.15) is 0 Å². The molecule has 0 aliphatic carbocycles. The Morgan fingerprint density at radius 2 is 1.89 bits per heavy atom. The number of anilines is 2. The Labute approximate surface area is 155 Å². The lowest BCUT2D eigenvalue weighted by molar-refractivity contribution is 0.740. The molecule has 1 aliphatic heterocycles. The molecule has 27 heavy (non-hydrogen) atoms. The molecule has 0 radical (unpaired) electrons. The molecular weight excluding hydrogens is 338 g/mol. The summed E-state index contributed by atoms with van der Waals surface area (Å²) >= 11 is 0. The van der Waals surface area contributed by atoms with Gasteiger partial charge in [-0.15, -0.1) is 0 Å². The largest absolute Gasteiger partial charge is 0.309 e. The first-order chi connectivity index (χ1) is 13.2. The van der Waals surface area contributed by atoms with Crippen LogP contribution in [-0.4, -0.2) is 26.0 Å². The lowest BCUT2D eigenvalue weighted by Crippen LogP contribution is -2.28. The van der Waals surface area contributed by atoms with Crippen LogP contribution in [0.5, 0.6) is 0 Å². The molecule has 1 N–H and O–H groups in total. The molecule has 0 saturated carbocycles. The van der Waals surface area contributed by atoms with Crippen molar-refractivity contribution >= 4 is 22.7 Å². The Hall–Kier alpha value is -3.54. The van der Waals surface area contributed by atoms with Crippen molar-refractivity contribution in [1.82, 2.24) is 19.9 Å². The Morgan fingerprint density at radius 3 is 2.74 bits per heavy atom. The van der Waals surface area contributed by atoms with Gasteiger partial charge in [-0.05, 0) is 54.3 Å². The maximum absolute atomic E-state index is 13.0. The Balaban J connectivity index is 1.71. The van der Waals surface area contributed by atoms with Crippen molar-refractivity contribution in [1.29, 1.82) is 0 Å². The minimum absolute atomic E-state index is 0.188. The summed E-state index contributed by atoms with van der Waals surface area (Å²) < 4.78 is 0. The van der Waals surface area contributed by atoms with E-state index in [4.69, 9.17) is 4.98 Å². The molecular formula is C21H17N5O. The summed E-state index contributed by atoms with van der Waals surface area (Å²) in [6, 6.07) is 14.0. The van der Waals surface area contributed by atoms with Gasteiger partial charge in [-0.3, -0.25) is 14.8 Å². The van der Waals surface area contributed by atoms with Gasteiger partial charge in [0.05, 0.1) is 5.39 Å². The minimum Gasteiger partial charge on any atom is -0.309 e. The van der Waals surface area contributed by atoms with E-state index in [1.807, 2.05) is 30.3 Å². The Bertz CT molecular complexity index is 1200. The third kappa shape index (κ3) is 2.49. The van der Waals surface area contributed by atoms with Crippen molar-refractivity contribution in [3.05, 3.63) is 77.0 Å². The predicted octanol–water partition coefficient (Wildman–Crippen LogP) is 3.46. The monoisotopic (exact) mass is 355 g/mol. The number of pyridine rings is 2. The van der Waals surface area contributed by atoms with Crippen LogP contribution in [0.3, 0.4) is 0 Å². The fraction of sp³-hybridized carbons (Fsp3) is 0.143. The zero-order valence-electron chi connectivity index (χ0n) is 14.8. The van der Waals surface area contributed by atoms with Crippen LogP contribution in [0.25, 0.3) is 22.2 Å². The summed E-state index contributed by atoms with van der Waals surface area (Å²) in [5.41, 5.74) is 4.31. The maximum Gasteiger partial charge on any atom is 0.262 e. The van der Waals surface area contributed by atoms with E-state index in [0.29, 0.717) is 17.0 Å². The van der Waals surface area contributed by atoms with Crippen molar-refractivity contribution in [3.8, 4) is 11.1 Å². The topological polar surface area (TPSA) is 74.8 Å². The van der Waals surface area contributed by atoms with Gasteiger partial charge in [0.25, 0.3) is 5.56 Å². The molecule has 1 unspecified atom stereocenters. The number of nitrogens with zero attached hydrogens (tertiary/aromatic N) is 4. The average Bonchev–Trinajstić information content (AvgIpc) is 3.03. The number of hydrogen-bond acceptors (Lipinski definition) is 5. The molecule has 4 heterocycles. The number of nitrogens with one attached hydrogen (secondary N) is 1. The highest BCUT2D eigenvalue weighted by Gasteiger charge is 2.29. The molecule has 0 bridgehead atoms. The van der Waals surface area contributed by atoms with Crippen LogP contribution >= 0.6 is 0 Å². The SMILES string of the molecule is CC1Cc2ccccc2N1c1nc2nccc(-c3ccncc3)c2c(=O)[nH]1. The molecule has 6 nitrogen and oxygen atoms in total. The predicted molar refractivity (Wildman–Crippen MR) is 105 cm³/mol. The van der Waals surface area contributed by atoms with Crippen LogP contribution in [0.4, 0.5) is 11.6 Å². The lowest BCUT2D eigenvalue weighted by atomic mass is 10.1. The van der Waals surface area contributed by atoms with Gasteiger partial charge >= 0.3 is 0 Å². The summed E-state index contributed by atoms with van der Waals surface area (Å²) in [6.45, 7) is 2.13. The van der Waals surface area contributed by atoms with Gasteiger partial charge in [-0.25, -0.2) is 4.98 Å². The number of benzene rings is 1. The third-order valence-corrected chi connectivity index (χ3v) is 5.02. The number of H-pyrrole nitrogens is 1. The maximum atomic E-state index is 13.0. The van der Waals surface area contributed by atoms with Gasteiger partial charge in [0, 0.05) is 30.3 Å². The van der Waals surface area contributed by atoms with Crippen molar-refractivity contribution < 1.29 is 0 Å². The molecule has 0 saturated heterocycles. The highest BCUT2D eigenvalue weighted by molar-refractivity contribution is 5.92. The summed E-state index contributed by atoms with van der Waals surface area (Å²) in [5, 5.41) is 0.493. The number of fused-ring (bicyclic) bond motifs is 2. The number of hydrogen-bond donors (Lipinski definition) is 1. The van der Waals surface area contributed by atoms with E-state index in [-0.39, 0.29) is 11.6 Å². The molecule has 1 aliphatic rings. The molecule has 0 amide bonds. The van der Waals surface area contributed by atoms with Gasteiger partial charge in [0.2, 0.25) is 5.95 Å². The quantitative estimate of drug-likeness (QED) is 0.596. The van der Waals surface area contributed by atoms with Crippen molar-refractivity contribution in [2.24, 2.45) is 0 Å². The number of para-hydroxylation sites is 1.